The highest BCUT2D eigenvalue weighted by Crippen LogP contribution is 2.20. The zero-order chi connectivity index (χ0) is 12.4. The van der Waals surface area contributed by atoms with E-state index in [1.54, 1.807) is 0 Å². The van der Waals surface area contributed by atoms with Gasteiger partial charge in [-0.3, -0.25) is 4.79 Å². The second-order valence-corrected chi connectivity index (χ2v) is 5.00. The monoisotopic (exact) mass is 228 g/mol. The molecule has 0 rings (SSSR count). The van der Waals surface area contributed by atoms with Crippen LogP contribution in [0.1, 0.15) is 72.1 Å². The lowest BCUT2D eigenvalue weighted by molar-refractivity contribution is -0.142. The number of hydrogen-bond acceptors (Lipinski definition) is 1. The van der Waals surface area contributed by atoms with Crippen LogP contribution in [0.3, 0.4) is 0 Å². The van der Waals surface area contributed by atoms with Crippen LogP contribution in [-0.2, 0) is 4.79 Å². The predicted molar refractivity (Wildman–Crippen MR) is 68.6 cm³/mol. The smallest absolute Gasteiger partial charge is 0.306 e. The number of rotatable bonds is 10. The van der Waals surface area contributed by atoms with Crippen molar-refractivity contribution in [2.24, 2.45) is 11.8 Å². The first-order chi connectivity index (χ1) is 7.61. The molecule has 2 atom stereocenters. The van der Waals surface area contributed by atoms with E-state index in [4.69, 9.17) is 5.11 Å². The number of carboxylic acid groups (broad SMARTS) is 1. The molecular formula is C14H28O2. The molecule has 2 unspecified atom stereocenters. The molecule has 0 aromatic heterocycles. The maximum Gasteiger partial charge on any atom is 0.306 e. The molecule has 0 amide bonds. The van der Waals surface area contributed by atoms with Gasteiger partial charge in [0.25, 0.3) is 0 Å². The molecule has 0 aliphatic carbocycles. The van der Waals surface area contributed by atoms with Crippen molar-refractivity contribution in [3.63, 3.8) is 0 Å². The average Bonchev–Trinajstić information content (AvgIpc) is 2.25. The van der Waals surface area contributed by atoms with Gasteiger partial charge in [0.05, 0.1) is 5.92 Å². The minimum atomic E-state index is -0.608. The molecule has 0 aromatic carbocycles. The van der Waals surface area contributed by atoms with E-state index in [9.17, 15) is 4.79 Å². The largest absolute Gasteiger partial charge is 0.481 e. The Hall–Kier alpha value is -0.530. The molecule has 16 heavy (non-hydrogen) atoms. The van der Waals surface area contributed by atoms with Crippen LogP contribution in [0.15, 0.2) is 0 Å². The van der Waals surface area contributed by atoms with Crippen molar-refractivity contribution >= 4 is 5.97 Å². The Bertz CT molecular complexity index is 178. The van der Waals surface area contributed by atoms with Crippen LogP contribution in [0, 0.1) is 11.8 Å². The third kappa shape index (κ3) is 7.72. The van der Waals surface area contributed by atoms with Crippen LogP contribution in [0.5, 0.6) is 0 Å². The minimum Gasteiger partial charge on any atom is -0.481 e. The van der Waals surface area contributed by atoms with E-state index >= 15 is 0 Å². The van der Waals surface area contributed by atoms with Gasteiger partial charge in [0.15, 0.2) is 0 Å². The topological polar surface area (TPSA) is 37.3 Å². The van der Waals surface area contributed by atoms with Crippen LogP contribution < -0.4 is 0 Å². The molecule has 0 radical (unpaired) electrons. The molecule has 0 aromatic rings. The van der Waals surface area contributed by atoms with E-state index in [1.165, 1.54) is 25.7 Å². The number of carboxylic acids is 1. The normalized spacial score (nSPS) is 14.7. The summed E-state index contributed by atoms with van der Waals surface area (Å²) in [7, 11) is 0. The van der Waals surface area contributed by atoms with E-state index in [0.29, 0.717) is 0 Å². The Morgan fingerprint density at radius 3 is 2.12 bits per heavy atom. The van der Waals surface area contributed by atoms with Crippen LogP contribution in [0.2, 0.25) is 0 Å². The fourth-order valence-electron chi connectivity index (χ4n) is 2.15. The zero-order valence-corrected chi connectivity index (χ0v) is 11.2. The molecule has 0 spiro atoms. The molecule has 2 nitrogen and oxygen atoms in total. The Morgan fingerprint density at radius 2 is 1.62 bits per heavy atom. The van der Waals surface area contributed by atoms with Crippen LogP contribution in [0.4, 0.5) is 0 Å². The van der Waals surface area contributed by atoms with Gasteiger partial charge in [-0.05, 0) is 18.8 Å². The highest BCUT2D eigenvalue weighted by molar-refractivity contribution is 5.69. The Labute approximate surface area is 100 Å². The third-order valence-electron chi connectivity index (χ3n) is 3.29. The van der Waals surface area contributed by atoms with Crippen molar-refractivity contribution in [2.45, 2.75) is 72.1 Å². The molecule has 0 saturated heterocycles. The molecule has 1 N–H and O–H groups in total. The maximum atomic E-state index is 10.9. The molecule has 96 valence electrons. The van der Waals surface area contributed by atoms with Gasteiger partial charge in [-0.25, -0.2) is 0 Å². The van der Waals surface area contributed by atoms with E-state index < -0.39 is 5.97 Å². The van der Waals surface area contributed by atoms with Gasteiger partial charge >= 0.3 is 5.97 Å². The first-order valence-electron chi connectivity index (χ1n) is 6.84. The van der Waals surface area contributed by atoms with Crippen molar-refractivity contribution in [2.75, 3.05) is 0 Å². The second-order valence-electron chi connectivity index (χ2n) is 5.00. The third-order valence-corrected chi connectivity index (χ3v) is 3.29. The van der Waals surface area contributed by atoms with Crippen molar-refractivity contribution in [1.29, 1.82) is 0 Å². The standard InChI is InChI=1S/C14H28O2/c1-4-6-9-12(3)10-7-11-13(8-5-2)14(15)16/h12-13H,4-11H2,1-3H3,(H,15,16). The summed E-state index contributed by atoms with van der Waals surface area (Å²) < 4.78 is 0. The van der Waals surface area contributed by atoms with Gasteiger partial charge in [0, 0.05) is 0 Å². The van der Waals surface area contributed by atoms with Crippen molar-refractivity contribution in [3.05, 3.63) is 0 Å². The highest BCUT2D eigenvalue weighted by Gasteiger charge is 2.15. The highest BCUT2D eigenvalue weighted by atomic mass is 16.4. The second kappa shape index (κ2) is 9.68. The molecule has 0 aliphatic rings. The zero-order valence-electron chi connectivity index (χ0n) is 11.2. The quantitative estimate of drug-likeness (QED) is 0.598. The molecule has 0 fully saturated rings. The van der Waals surface area contributed by atoms with E-state index in [-0.39, 0.29) is 5.92 Å². The summed E-state index contributed by atoms with van der Waals surface area (Å²) in [5.74, 6) is 0.0439. The molecule has 0 aliphatic heterocycles. The molecule has 0 heterocycles. The first kappa shape index (κ1) is 15.5. The van der Waals surface area contributed by atoms with E-state index in [0.717, 1.165) is 31.6 Å². The van der Waals surface area contributed by atoms with Gasteiger partial charge < -0.3 is 5.11 Å². The number of hydrogen-bond donors (Lipinski definition) is 1. The fourth-order valence-corrected chi connectivity index (χ4v) is 2.15. The van der Waals surface area contributed by atoms with Gasteiger partial charge in [-0.2, -0.15) is 0 Å². The summed E-state index contributed by atoms with van der Waals surface area (Å²) in [6, 6.07) is 0. The number of unbranched alkanes of at least 4 members (excludes halogenated alkanes) is 1. The summed E-state index contributed by atoms with van der Waals surface area (Å²) in [4.78, 5) is 10.9. The summed E-state index contributed by atoms with van der Waals surface area (Å²) in [6.07, 6.45) is 8.79. The van der Waals surface area contributed by atoms with Crippen molar-refractivity contribution in [3.8, 4) is 0 Å². The summed E-state index contributed by atoms with van der Waals surface area (Å²) in [5.41, 5.74) is 0. The van der Waals surface area contributed by atoms with Gasteiger partial charge in [0.2, 0.25) is 0 Å². The molecule has 0 saturated carbocycles. The SMILES string of the molecule is CCCCC(C)CCCC(CCC)C(=O)O. The molecule has 0 bridgehead atoms. The van der Waals surface area contributed by atoms with E-state index in [1.807, 2.05) is 0 Å². The molecular weight excluding hydrogens is 200 g/mol. The summed E-state index contributed by atoms with van der Waals surface area (Å²) in [6.45, 7) is 6.56. The van der Waals surface area contributed by atoms with Crippen molar-refractivity contribution < 1.29 is 9.90 Å². The Kier molecular flexibility index (Phi) is 9.36. The van der Waals surface area contributed by atoms with Crippen LogP contribution in [-0.4, -0.2) is 11.1 Å². The van der Waals surface area contributed by atoms with Crippen LogP contribution in [0.25, 0.3) is 0 Å². The van der Waals surface area contributed by atoms with Gasteiger partial charge in [0.1, 0.15) is 0 Å². The molecule has 2 heteroatoms. The lowest BCUT2D eigenvalue weighted by Crippen LogP contribution is -2.13. The summed E-state index contributed by atoms with van der Waals surface area (Å²) >= 11 is 0. The fraction of sp³-hybridized carbons (Fsp3) is 0.929. The van der Waals surface area contributed by atoms with Crippen LogP contribution >= 0.6 is 0 Å². The Morgan fingerprint density at radius 1 is 1.00 bits per heavy atom. The Balaban J connectivity index is 3.64. The minimum absolute atomic E-state index is 0.108. The lowest BCUT2D eigenvalue weighted by Gasteiger charge is -2.13. The lowest BCUT2D eigenvalue weighted by atomic mass is 9.92. The van der Waals surface area contributed by atoms with E-state index in [2.05, 4.69) is 20.8 Å². The number of carbonyl (C=O) groups is 1. The van der Waals surface area contributed by atoms with Gasteiger partial charge in [-0.15, -0.1) is 0 Å². The van der Waals surface area contributed by atoms with Crippen molar-refractivity contribution in [1.82, 2.24) is 0 Å². The summed E-state index contributed by atoms with van der Waals surface area (Å²) in [5, 5.41) is 9.01. The first-order valence-corrected chi connectivity index (χ1v) is 6.84. The van der Waals surface area contributed by atoms with Gasteiger partial charge in [-0.1, -0.05) is 59.3 Å². The average molecular weight is 228 g/mol. The predicted octanol–water partition coefficient (Wildman–Crippen LogP) is 4.48. The maximum absolute atomic E-state index is 10.9. The number of aliphatic carboxylic acids is 1.